The van der Waals surface area contributed by atoms with Crippen LogP contribution < -0.4 is 0 Å². The highest BCUT2D eigenvalue weighted by Crippen LogP contribution is 1.92. The SMILES string of the molecule is CCCCOCN(C)COCCCC. The monoisotopic (exact) mass is 203 g/mol. The molecule has 0 aliphatic rings. The Hall–Kier alpha value is -0.120. The van der Waals surface area contributed by atoms with Gasteiger partial charge in [-0.05, 0) is 19.9 Å². The predicted octanol–water partition coefficient (Wildman–Crippen LogP) is 2.47. The first kappa shape index (κ1) is 13.9. The standard InChI is InChI=1S/C11H25NO2/c1-4-6-8-13-10-12(3)11-14-9-7-5-2/h4-11H2,1-3H3. The van der Waals surface area contributed by atoms with Gasteiger partial charge in [0, 0.05) is 13.2 Å². The van der Waals surface area contributed by atoms with Crippen LogP contribution in [0.25, 0.3) is 0 Å². The van der Waals surface area contributed by atoms with E-state index in [4.69, 9.17) is 9.47 Å². The van der Waals surface area contributed by atoms with Crippen molar-refractivity contribution in [2.24, 2.45) is 0 Å². The highest BCUT2D eigenvalue weighted by molar-refractivity contribution is 4.37. The molecule has 0 atom stereocenters. The van der Waals surface area contributed by atoms with Crippen LogP contribution in [-0.2, 0) is 9.47 Å². The number of rotatable bonds is 10. The molecule has 0 aliphatic carbocycles. The Morgan fingerprint density at radius 3 is 1.64 bits per heavy atom. The van der Waals surface area contributed by atoms with Gasteiger partial charge in [-0.3, -0.25) is 4.90 Å². The summed E-state index contributed by atoms with van der Waals surface area (Å²) >= 11 is 0. The van der Waals surface area contributed by atoms with Crippen molar-refractivity contribution in [1.29, 1.82) is 0 Å². The molecule has 86 valence electrons. The first-order valence-electron chi connectivity index (χ1n) is 5.65. The highest BCUT2D eigenvalue weighted by atomic mass is 16.5. The summed E-state index contributed by atoms with van der Waals surface area (Å²) in [4.78, 5) is 2.05. The zero-order valence-electron chi connectivity index (χ0n) is 9.92. The zero-order valence-corrected chi connectivity index (χ0v) is 9.92. The van der Waals surface area contributed by atoms with Crippen molar-refractivity contribution < 1.29 is 9.47 Å². The minimum atomic E-state index is 0.673. The van der Waals surface area contributed by atoms with E-state index in [1.54, 1.807) is 0 Å². The third-order valence-electron chi connectivity index (χ3n) is 1.91. The van der Waals surface area contributed by atoms with Crippen molar-refractivity contribution in [3.05, 3.63) is 0 Å². The normalized spacial score (nSPS) is 11.1. The molecule has 14 heavy (non-hydrogen) atoms. The smallest absolute Gasteiger partial charge is 0.100 e. The Kier molecular flexibility index (Phi) is 10.9. The minimum absolute atomic E-state index is 0.673. The molecule has 0 aromatic heterocycles. The number of ether oxygens (including phenoxy) is 2. The molecule has 0 heterocycles. The fourth-order valence-electron chi connectivity index (χ4n) is 0.971. The van der Waals surface area contributed by atoms with Crippen LogP contribution in [0.15, 0.2) is 0 Å². The zero-order chi connectivity index (χ0) is 10.6. The van der Waals surface area contributed by atoms with Crippen molar-refractivity contribution in [2.75, 3.05) is 33.7 Å². The van der Waals surface area contributed by atoms with Crippen LogP contribution in [0.4, 0.5) is 0 Å². The molecule has 0 aromatic carbocycles. The number of nitrogens with zero attached hydrogens (tertiary/aromatic N) is 1. The van der Waals surface area contributed by atoms with E-state index in [1.807, 2.05) is 11.9 Å². The number of unbranched alkanes of at least 4 members (excludes halogenated alkanes) is 2. The molecule has 0 bridgehead atoms. The van der Waals surface area contributed by atoms with Crippen molar-refractivity contribution in [2.45, 2.75) is 39.5 Å². The topological polar surface area (TPSA) is 21.7 Å². The molecule has 0 saturated heterocycles. The van der Waals surface area contributed by atoms with Crippen molar-refractivity contribution in [3.63, 3.8) is 0 Å². The maximum Gasteiger partial charge on any atom is 0.100 e. The maximum absolute atomic E-state index is 5.44. The van der Waals surface area contributed by atoms with Gasteiger partial charge in [0.05, 0.1) is 0 Å². The summed E-state index contributed by atoms with van der Waals surface area (Å²) in [5, 5.41) is 0. The van der Waals surface area contributed by atoms with Gasteiger partial charge in [0.15, 0.2) is 0 Å². The molecule has 0 unspecified atom stereocenters. The average molecular weight is 203 g/mol. The molecule has 3 heteroatoms. The van der Waals surface area contributed by atoms with Gasteiger partial charge in [0.1, 0.15) is 13.5 Å². The third kappa shape index (κ3) is 9.96. The van der Waals surface area contributed by atoms with Crippen LogP contribution >= 0.6 is 0 Å². The van der Waals surface area contributed by atoms with Crippen molar-refractivity contribution >= 4 is 0 Å². The number of hydrogen-bond donors (Lipinski definition) is 0. The third-order valence-corrected chi connectivity index (χ3v) is 1.91. The lowest BCUT2D eigenvalue weighted by atomic mass is 10.4. The van der Waals surface area contributed by atoms with E-state index >= 15 is 0 Å². The van der Waals surface area contributed by atoms with Crippen LogP contribution in [0.3, 0.4) is 0 Å². The number of hydrogen-bond acceptors (Lipinski definition) is 3. The first-order chi connectivity index (χ1) is 6.81. The largest absolute Gasteiger partial charge is 0.366 e. The Morgan fingerprint density at radius 2 is 1.29 bits per heavy atom. The lowest BCUT2D eigenvalue weighted by Gasteiger charge is -2.16. The van der Waals surface area contributed by atoms with Gasteiger partial charge in [-0.1, -0.05) is 26.7 Å². The van der Waals surface area contributed by atoms with E-state index in [0.717, 1.165) is 26.1 Å². The van der Waals surface area contributed by atoms with Gasteiger partial charge in [-0.2, -0.15) is 0 Å². The quantitative estimate of drug-likeness (QED) is 0.402. The summed E-state index contributed by atoms with van der Waals surface area (Å²) < 4.78 is 10.9. The second-order valence-electron chi connectivity index (χ2n) is 3.64. The Labute approximate surface area is 88.4 Å². The Bertz CT molecular complexity index is 97.5. The van der Waals surface area contributed by atoms with Crippen LogP contribution in [0.1, 0.15) is 39.5 Å². The summed E-state index contributed by atoms with van der Waals surface area (Å²) in [6.07, 6.45) is 4.67. The molecule has 0 N–H and O–H groups in total. The Morgan fingerprint density at radius 1 is 0.857 bits per heavy atom. The lowest BCUT2D eigenvalue weighted by Crippen LogP contribution is -2.25. The van der Waals surface area contributed by atoms with Gasteiger partial charge in [-0.25, -0.2) is 0 Å². The molecule has 0 fully saturated rings. The van der Waals surface area contributed by atoms with Gasteiger partial charge >= 0.3 is 0 Å². The second kappa shape index (κ2) is 11.0. The molecule has 3 nitrogen and oxygen atoms in total. The summed E-state index contributed by atoms with van der Waals surface area (Å²) in [7, 11) is 2.01. The molecule has 0 aliphatic heterocycles. The van der Waals surface area contributed by atoms with Crippen molar-refractivity contribution in [1.82, 2.24) is 4.90 Å². The maximum atomic E-state index is 5.44. The van der Waals surface area contributed by atoms with Gasteiger partial charge < -0.3 is 9.47 Å². The second-order valence-corrected chi connectivity index (χ2v) is 3.64. The van der Waals surface area contributed by atoms with E-state index in [-0.39, 0.29) is 0 Å². The molecule has 0 amide bonds. The molecular formula is C11H25NO2. The molecule has 0 radical (unpaired) electrons. The van der Waals surface area contributed by atoms with E-state index in [2.05, 4.69) is 13.8 Å². The van der Waals surface area contributed by atoms with Crippen molar-refractivity contribution in [3.8, 4) is 0 Å². The van der Waals surface area contributed by atoms with Crippen LogP contribution in [0.5, 0.6) is 0 Å². The Balaban J connectivity index is 3.07. The summed E-state index contributed by atoms with van der Waals surface area (Å²) in [6, 6.07) is 0. The fourth-order valence-corrected chi connectivity index (χ4v) is 0.971. The van der Waals surface area contributed by atoms with E-state index in [0.29, 0.717) is 13.5 Å². The molecule has 0 aromatic rings. The van der Waals surface area contributed by atoms with E-state index in [9.17, 15) is 0 Å². The van der Waals surface area contributed by atoms with Crippen LogP contribution in [0.2, 0.25) is 0 Å². The van der Waals surface area contributed by atoms with E-state index < -0.39 is 0 Å². The van der Waals surface area contributed by atoms with Gasteiger partial charge in [0.2, 0.25) is 0 Å². The summed E-state index contributed by atoms with van der Waals surface area (Å²) in [6.45, 7) is 7.39. The fraction of sp³-hybridized carbons (Fsp3) is 1.00. The summed E-state index contributed by atoms with van der Waals surface area (Å²) in [5.74, 6) is 0. The predicted molar refractivity (Wildman–Crippen MR) is 59.2 cm³/mol. The first-order valence-corrected chi connectivity index (χ1v) is 5.65. The molecule has 0 rings (SSSR count). The average Bonchev–Trinajstić information content (AvgIpc) is 2.19. The van der Waals surface area contributed by atoms with E-state index in [1.165, 1.54) is 12.8 Å². The molecule has 0 spiro atoms. The van der Waals surface area contributed by atoms with Gasteiger partial charge in [0.25, 0.3) is 0 Å². The lowest BCUT2D eigenvalue weighted by molar-refractivity contribution is -0.0317. The molecular weight excluding hydrogens is 178 g/mol. The van der Waals surface area contributed by atoms with Crippen LogP contribution in [0, 0.1) is 0 Å². The molecule has 0 saturated carbocycles. The van der Waals surface area contributed by atoms with Crippen LogP contribution in [-0.4, -0.2) is 38.6 Å². The minimum Gasteiger partial charge on any atom is -0.366 e. The van der Waals surface area contributed by atoms with Gasteiger partial charge in [-0.15, -0.1) is 0 Å². The summed E-state index contributed by atoms with van der Waals surface area (Å²) in [5.41, 5.74) is 0. The highest BCUT2D eigenvalue weighted by Gasteiger charge is 1.96.